The number of amides is 1. The van der Waals surface area contributed by atoms with E-state index in [1.54, 1.807) is 0 Å². The summed E-state index contributed by atoms with van der Waals surface area (Å²) in [5.74, 6) is -0.754. The highest BCUT2D eigenvalue weighted by atomic mass is 32.2. The van der Waals surface area contributed by atoms with E-state index in [-0.39, 0.29) is 22.2 Å². The fourth-order valence-corrected chi connectivity index (χ4v) is 5.14. The largest absolute Gasteiger partial charge is 0.418 e. The number of nitrogens with zero attached hydrogens (tertiary/aromatic N) is 1. The summed E-state index contributed by atoms with van der Waals surface area (Å²) in [5, 5.41) is 0. The molecule has 2 aromatic rings. The maximum absolute atomic E-state index is 13.1. The van der Waals surface area contributed by atoms with Crippen molar-refractivity contribution in [2.75, 3.05) is 12.0 Å². The van der Waals surface area contributed by atoms with Gasteiger partial charge < -0.3 is 0 Å². The van der Waals surface area contributed by atoms with Gasteiger partial charge in [0.1, 0.15) is 0 Å². The number of hydrogen-bond donors (Lipinski definition) is 2. The van der Waals surface area contributed by atoms with E-state index in [9.17, 15) is 26.4 Å². The van der Waals surface area contributed by atoms with Gasteiger partial charge >= 0.3 is 6.18 Å². The van der Waals surface area contributed by atoms with E-state index in [1.165, 1.54) is 46.8 Å². The molecule has 1 unspecified atom stereocenters. The molecular weight excluding hydrogens is 419 g/mol. The maximum atomic E-state index is 13.1. The molecule has 1 fully saturated rings. The summed E-state index contributed by atoms with van der Waals surface area (Å²) in [6, 6.07) is 10.0. The molecule has 162 valence electrons. The number of hydrazine groups is 1. The molecule has 10 heteroatoms. The Balaban J connectivity index is 1.77. The Labute approximate surface area is 173 Å². The van der Waals surface area contributed by atoms with Crippen LogP contribution in [0.4, 0.5) is 18.9 Å². The summed E-state index contributed by atoms with van der Waals surface area (Å²) in [4.78, 5) is 12.4. The number of nitrogens with one attached hydrogen (secondary N) is 2. The second kappa shape index (κ2) is 8.65. The predicted molar refractivity (Wildman–Crippen MR) is 106 cm³/mol. The minimum absolute atomic E-state index is 0.0118. The van der Waals surface area contributed by atoms with Crippen molar-refractivity contribution in [3.63, 3.8) is 0 Å². The van der Waals surface area contributed by atoms with E-state index in [4.69, 9.17) is 0 Å². The lowest BCUT2D eigenvalue weighted by atomic mass is 10.1. The molecule has 1 atom stereocenters. The Morgan fingerprint density at radius 2 is 1.83 bits per heavy atom. The van der Waals surface area contributed by atoms with Crippen molar-refractivity contribution in [2.24, 2.45) is 0 Å². The van der Waals surface area contributed by atoms with Gasteiger partial charge in [-0.25, -0.2) is 8.42 Å². The molecule has 0 aliphatic carbocycles. The molecule has 1 amide bonds. The van der Waals surface area contributed by atoms with Crippen LogP contribution in [0, 0.1) is 0 Å². The van der Waals surface area contributed by atoms with Gasteiger partial charge in [0, 0.05) is 18.2 Å². The van der Waals surface area contributed by atoms with Crippen molar-refractivity contribution >= 4 is 21.6 Å². The van der Waals surface area contributed by atoms with Gasteiger partial charge in [0.05, 0.1) is 16.1 Å². The molecule has 1 aliphatic rings. The Kier molecular flexibility index (Phi) is 6.37. The van der Waals surface area contributed by atoms with Crippen molar-refractivity contribution in [1.29, 1.82) is 0 Å². The molecule has 0 bridgehead atoms. The fourth-order valence-electron chi connectivity index (χ4n) is 3.40. The average molecular weight is 441 g/mol. The second-order valence-corrected chi connectivity index (χ2v) is 9.00. The summed E-state index contributed by atoms with van der Waals surface area (Å²) < 4.78 is 66.5. The highest BCUT2D eigenvalue weighted by Crippen LogP contribution is 2.34. The first-order valence-electron chi connectivity index (χ1n) is 9.45. The second-order valence-electron chi connectivity index (χ2n) is 7.11. The molecule has 6 nitrogen and oxygen atoms in total. The summed E-state index contributed by atoms with van der Waals surface area (Å²) >= 11 is 0. The molecular formula is C20H22F3N3O3S. The number of benzene rings is 2. The van der Waals surface area contributed by atoms with Crippen LogP contribution in [-0.4, -0.2) is 31.2 Å². The van der Waals surface area contributed by atoms with Crippen LogP contribution >= 0.6 is 0 Å². The van der Waals surface area contributed by atoms with Crippen LogP contribution in [0.1, 0.15) is 42.1 Å². The topological polar surface area (TPSA) is 78.5 Å². The first-order chi connectivity index (χ1) is 14.1. The number of anilines is 1. The van der Waals surface area contributed by atoms with Gasteiger partial charge in [-0.1, -0.05) is 24.6 Å². The molecule has 2 N–H and O–H groups in total. The number of carbonyl (C=O) groups excluding carboxylic acids is 1. The van der Waals surface area contributed by atoms with Gasteiger partial charge in [-0.05, 0) is 50.1 Å². The molecule has 1 saturated heterocycles. The third-order valence-electron chi connectivity index (χ3n) is 4.99. The van der Waals surface area contributed by atoms with Crippen LogP contribution in [0.25, 0.3) is 0 Å². The van der Waals surface area contributed by atoms with Gasteiger partial charge in [0.15, 0.2) is 0 Å². The maximum Gasteiger partial charge on any atom is 0.418 e. The first-order valence-corrected chi connectivity index (χ1v) is 10.9. The monoisotopic (exact) mass is 441 g/mol. The van der Waals surface area contributed by atoms with Crippen molar-refractivity contribution in [1.82, 2.24) is 9.73 Å². The predicted octanol–water partition coefficient (Wildman–Crippen LogP) is 4.03. The lowest BCUT2D eigenvalue weighted by Crippen LogP contribution is -2.42. The zero-order valence-corrected chi connectivity index (χ0v) is 17.1. The van der Waals surface area contributed by atoms with Crippen LogP contribution < -0.4 is 10.9 Å². The molecule has 2 aromatic carbocycles. The quantitative estimate of drug-likeness (QED) is 0.687. The number of para-hydroxylation sites is 1. The number of carbonyl (C=O) groups is 1. The third kappa shape index (κ3) is 4.76. The SMILES string of the molecule is CC1CCCCN1S(=O)(=O)c1cccc(C(=O)NNc2ccccc2C(F)(F)F)c1. The summed E-state index contributed by atoms with van der Waals surface area (Å²) in [6.45, 7) is 2.25. The van der Waals surface area contributed by atoms with Gasteiger partial charge in [-0.15, -0.1) is 0 Å². The number of hydrogen-bond acceptors (Lipinski definition) is 4. The van der Waals surface area contributed by atoms with E-state index in [2.05, 4.69) is 10.9 Å². The Bertz CT molecular complexity index is 1030. The van der Waals surface area contributed by atoms with Gasteiger partial charge in [0.2, 0.25) is 10.0 Å². The number of sulfonamides is 1. The van der Waals surface area contributed by atoms with Crippen LogP contribution in [0.5, 0.6) is 0 Å². The van der Waals surface area contributed by atoms with Crippen molar-refractivity contribution in [2.45, 2.75) is 43.3 Å². The van der Waals surface area contributed by atoms with E-state index in [0.29, 0.717) is 6.54 Å². The Hall–Kier alpha value is -2.59. The molecule has 0 radical (unpaired) electrons. The average Bonchev–Trinajstić information content (AvgIpc) is 2.72. The lowest BCUT2D eigenvalue weighted by Gasteiger charge is -2.32. The van der Waals surface area contributed by atoms with Crippen LogP contribution in [0.3, 0.4) is 0 Å². The van der Waals surface area contributed by atoms with Gasteiger partial charge in [-0.2, -0.15) is 17.5 Å². The van der Waals surface area contributed by atoms with Crippen molar-refractivity contribution in [3.8, 4) is 0 Å². The molecule has 3 rings (SSSR count). The van der Waals surface area contributed by atoms with E-state index in [1.807, 2.05) is 6.92 Å². The van der Waals surface area contributed by atoms with Crippen LogP contribution in [-0.2, 0) is 16.2 Å². The molecule has 1 aliphatic heterocycles. The molecule has 0 saturated carbocycles. The third-order valence-corrected chi connectivity index (χ3v) is 7.00. The minimum Gasteiger partial charge on any atom is -0.298 e. The van der Waals surface area contributed by atoms with E-state index in [0.717, 1.165) is 25.3 Å². The van der Waals surface area contributed by atoms with E-state index >= 15 is 0 Å². The Morgan fingerprint density at radius 3 is 2.53 bits per heavy atom. The highest BCUT2D eigenvalue weighted by Gasteiger charge is 2.33. The fraction of sp³-hybridized carbons (Fsp3) is 0.350. The highest BCUT2D eigenvalue weighted by molar-refractivity contribution is 7.89. The zero-order valence-electron chi connectivity index (χ0n) is 16.2. The van der Waals surface area contributed by atoms with Crippen LogP contribution in [0.2, 0.25) is 0 Å². The summed E-state index contributed by atoms with van der Waals surface area (Å²) in [5.41, 5.74) is 3.23. The Morgan fingerprint density at radius 1 is 1.10 bits per heavy atom. The van der Waals surface area contributed by atoms with Gasteiger partial charge in [0.25, 0.3) is 5.91 Å². The lowest BCUT2D eigenvalue weighted by molar-refractivity contribution is -0.137. The molecule has 0 spiro atoms. The first kappa shape index (κ1) is 22.1. The van der Waals surface area contributed by atoms with Crippen LogP contribution in [0.15, 0.2) is 53.4 Å². The van der Waals surface area contributed by atoms with E-state index < -0.39 is 27.7 Å². The van der Waals surface area contributed by atoms with Gasteiger partial charge in [-0.3, -0.25) is 15.6 Å². The zero-order chi connectivity index (χ0) is 21.9. The number of alkyl halides is 3. The normalized spacial score (nSPS) is 18.1. The van der Waals surface area contributed by atoms with Crippen molar-refractivity contribution < 1.29 is 26.4 Å². The number of halogens is 3. The van der Waals surface area contributed by atoms with Crippen molar-refractivity contribution in [3.05, 3.63) is 59.7 Å². The molecule has 0 aromatic heterocycles. The summed E-state index contributed by atoms with van der Waals surface area (Å²) in [7, 11) is -3.78. The number of rotatable bonds is 5. The number of piperidine rings is 1. The molecule has 30 heavy (non-hydrogen) atoms. The smallest absolute Gasteiger partial charge is 0.298 e. The standard InChI is InChI=1S/C20H22F3N3O3S/c1-14-7-4-5-12-26(14)30(28,29)16-9-6-8-15(13-16)19(27)25-24-18-11-3-2-10-17(18)20(21,22)23/h2-3,6,8-11,13-14,24H,4-5,7,12H2,1H3,(H,25,27). The summed E-state index contributed by atoms with van der Waals surface area (Å²) in [6.07, 6.45) is -2.09. The minimum atomic E-state index is -4.59. The molecule has 1 heterocycles.